The molecule has 1 N–H and O–H groups in total. The van der Waals surface area contributed by atoms with Crippen LogP contribution in [0.25, 0.3) is 32.4 Å². The number of amides is 1. The summed E-state index contributed by atoms with van der Waals surface area (Å²) in [6.45, 7) is 1.51. The summed E-state index contributed by atoms with van der Waals surface area (Å²) in [6, 6.07) is 12.5. The first-order valence-electron chi connectivity index (χ1n) is 10.0. The molecule has 0 radical (unpaired) electrons. The average Bonchev–Trinajstić information content (AvgIpc) is 3.43. The highest BCUT2D eigenvalue weighted by molar-refractivity contribution is 7.22. The lowest BCUT2D eigenvalue weighted by molar-refractivity contribution is -0.116. The van der Waals surface area contributed by atoms with Crippen molar-refractivity contribution in [2.75, 3.05) is 5.32 Å². The van der Waals surface area contributed by atoms with Crippen LogP contribution < -0.4 is 10.9 Å². The van der Waals surface area contributed by atoms with Gasteiger partial charge in [-0.25, -0.2) is 9.37 Å². The number of nitrogens with zero attached hydrogens (tertiary/aromatic N) is 4. The molecule has 0 aliphatic rings. The van der Waals surface area contributed by atoms with Crippen LogP contribution in [0, 0.1) is 12.7 Å². The number of halogens is 2. The predicted octanol–water partition coefficient (Wildman–Crippen LogP) is 4.91. The lowest BCUT2D eigenvalue weighted by Gasteiger charge is -2.07. The third kappa shape index (κ3) is 4.09. The summed E-state index contributed by atoms with van der Waals surface area (Å²) in [5, 5.41) is 7.50. The molecular formula is C23H15ClFN5O3S. The fraction of sp³-hybridized carbons (Fsp3) is 0.0870. The Labute approximate surface area is 200 Å². The van der Waals surface area contributed by atoms with E-state index >= 15 is 0 Å². The number of carbonyl (C=O) groups is 1. The molecule has 0 unspecified atom stereocenters. The molecule has 0 aliphatic heterocycles. The molecule has 0 aliphatic carbocycles. The molecule has 3 aromatic heterocycles. The number of hydrogen-bond donors (Lipinski definition) is 1. The molecule has 34 heavy (non-hydrogen) atoms. The van der Waals surface area contributed by atoms with Gasteiger partial charge in [0.15, 0.2) is 0 Å². The van der Waals surface area contributed by atoms with E-state index < -0.39 is 11.7 Å². The first-order valence-corrected chi connectivity index (χ1v) is 11.2. The van der Waals surface area contributed by atoms with Crippen molar-refractivity contribution in [3.8, 4) is 22.2 Å². The minimum absolute atomic E-state index is 0.246. The molecule has 1 amide bonds. The summed E-state index contributed by atoms with van der Waals surface area (Å²) in [4.78, 5) is 35.4. The number of rotatable bonds is 5. The lowest BCUT2D eigenvalue weighted by atomic mass is 10.2. The van der Waals surface area contributed by atoms with Crippen LogP contribution in [0.5, 0.6) is 0 Å². The number of aromatic nitrogens is 4. The van der Waals surface area contributed by atoms with Crippen molar-refractivity contribution >= 4 is 44.7 Å². The summed E-state index contributed by atoms with van der Waals surface area (Å²) in [5.41, 5.74) is 1.31. The molecule has 0 atom stereocenters. The molecule has 0 bridgehead atoms. The second-order valence-corrected chi connectivity index (χ2v) is 8.78. The van der Waals surface area contributed by atoms with Crippen LogP contribution >= 0.6 is 22.9 Å². The van der Waals surface area contributed by atoms with Gasteiger partial charge in [-0.1, -0.05) is 28.9 Å². The Bertz CT molecular complexity index is 1590. The monoisotopic (exact) mass is 495 g/mol. The molecule has 3 heterocycles. The second kappa shape index (κ2) is 8.81. The van der Waals surface area contributed by atoms with E-state index in [1.807, 2.05) is 6.07 Å². The molecule has 8 nitrogen and oxygen atoms in total. The topological polar surface area (TPSA) is 103 Å². The zero-order valence-corrected chi connectivity index (χ0v) is 19.2. The van der Waals surface area contributed by atoms with Crippen molar-refractivity contribution in [1.82, 2.24) is 19.7 Å². The van der Waals surface area contributed by atoms with E-state index in [-0.39, 0.29) is 18.0 Å². The normalized spacial score (nSPS) is 11.1. The van der Waals surface area contributed by atoms with Gasteiger partial charge in [0.05, 0.1) is 21.6 Å². The summed E-state index contributed by atoms with van der Waals surface area (Å²) in [7, 11) is 0. The first kappa shape index (κ1) is 21.9. The molecule has 0 saturated carbocycles. The van der Waals surface area contributed by atoms with Gasteiger partial charge in [0.25, 0.3) is 11.4 Å². The Morgan fingerprint density at radius 1 is 1.21 bits per heavy atom. The lowest BCUT2D eigenvalue weighted by Crippen LogP contribution is -2.27. The smallest absolute Gasteiger partial charge is 0.268 e. The average molecular weight is 496 g/mol. The van der Waals surface area contributed by atoms with Crippen LogP contribution in [0.15, 0.2) is 64.2 Å². The van der Waals surface area contributed by atoms with E-state index in [0.29, 0.717) is 42.8 Å². The van der Waals surface area contributed by atoms with Gasteiger partial charge >= 0.3 is 0 Å². The Kier molecular flexibility index (Phi) is 5.68. The number of anilines is 1. The van der Waals surface area contributed by atoms with Gasteiger partial charge in [-0.2, -0.15) is 4.98 Å². The van der Waals surface area contributed by atoms with Crippen molar-refractivity contribution in [3.63, 3.8) is 0 Å². The third-order valence-corrected chi connectivity index (χ3v) is 6.61. The van der Waals surface area contributed by atoms with Crippen molar-refractivity contribution in [2.24, 2.45) is 0 Å². The van der Waals surface area contributed by atoms with Gasteiger partial charge in [0, 0.05) is 11.3 Å². The number of hydrogen-bond acceptors (Lipinski definition) is 7. The van der Waals surface area contributed by atoms with Gasteiger partial charge in [-0.3, -0.25) is 14.2 Å². The number of thiophene rings is 1. The summed E-state index contributed by atoms with van der Waals surface area (Å²) in [5.74, 6) is -0.271. The van der Waals surface area contributed by atoms with Crippen molar-refractivity contribution in [1.29, 1.82) is 0 Å². The second-order valence-electron chi connectivity index (χ2n) is 7.37. The molecule has 11 heteroatoms. The van der Waals surface area contributed by atoms with E-state index in [4.69, 9.17) is 16.1 Å². The summed E-state index contributed by atoms with van der Waals surface area (Å²) >= 11 is 7.47. The van der Waals surface area contributed by atoms with Gasteiger partial charge in [-0.15, -0.1) is 11.3 Å². The largest absolute Gasteiger partial charge is 0.333 e. The maximum atomic E-state index is 13.1. The highest BCUT2D eigenvalue weighted by Gasteiger charge is 2.21. The Morgan fingerprint density at radius 2 is 1.97 bits per heavy atom. The fourth-order valence-electron chi connectivity index (χ4n) is 3.43. The molecule has 2 aromatic carbocycles. The quantitative estimate of drug-likeness (QED) is 0.371. The van der Waals surface area contributed by atoms with Crippen molar-refractivity contribution in [2.45, 2.75) is 13.5 Å². The Balaban J connectivity index is 1.44. The zero-order chi connectivity index (χ0) is 23.8. The predicted molar refractivity (Wildman–Crippen MR) is 127 cm³/mol. The minimum Gasteiger partial charge on any atom is -0.333 e. The van der Waals surface area contributed by atoms with Crippen LogP contribution in [0.1, 0.15) is 5.56 Å². The van der Waals surface area contributed by atoms with E-state index in [2.05, 4.69) is 20.4 Å². The maximum Gasteiger partial charge on any atom is 0.268 e. The van der Waals surface area contributed by atoms with Crippen molar-refractivity contribution in [3.05, 3.63) is 81.6 Å². The minimum atomic E-state index is -0.441. The fourth-order valence-corrected chi connectivity index (χ4v) is 4.71. The molecule has 5 aromatic rings. The molecule has 0 spiro atoms. The van der Waals surface area contributed by atoms with E-state index in [1.54, 1.807) is 25.1 Å². The van der Waals surface area contributed by atoms with Crippen LogP contribution in [0.3, 0.4) is 0 Å². The number of fused-ring (bicyclic) bond motifs is 1. The Hall–Kier alpha value is -3.89. The Morgan fingerprint density at radius 3 is 2.74 bits per heavy atom. The summed E-state index contributed by atoms with van der Waals surface area (Å²) < 4.78 is 19.7. The SMILES string of the molecule is Cc1c(-c2nc(-c3ccccc3Cl)no2)sc2ncn(CC(=O)Nc3ccc(F)cc3)c(=O)c12. The zero-order valence-electron chi connectivity index (χ0n) is 17.6. The van der Waals surface area contributed by atoms with Gasteiger partial charge in [0.1, 0.15) is 17.2 Å². The molecule has 0 fully saturated rings. The number of benzene rings is 2. The molecule has 170 valence electrons. The van der Waals surface area contributed by atoms with Gasteiger partial charge in [-0.05, 0) is 48.9 Å². The van der Waals surface area contributed by atoms with Gasteiger partial charge < -0.3 is 9.84 Å². The highest BCUT2D eigenvalue weighted by Crippen LogP contribution is 2.36. The van der Waals surface area contributed by atoms with Crippen molar-refractivity contribution < 1.29 is 13.7 Å². The molecule has 5 rings (SSSR count). The van der Waals surface area contributed by atoms with E-state index in [9.17, 15) is 14.0 Å². The standard InChI is InChI=1S/C23H15ClFN5O3S/c1-12-18-22(34-19(12)21-28-20(29-33-21)15-4-2-3-5-16(15)24)26-11-30(23(18)32)10-17(31)27-14-8-6-13(25)7-9-14/h2-9,11H,10H2,1H3,(H,27,31). The van der Waals surface area contributed by atoms with Crippen LogP contribution in [-0.2, 0) is 11.3 Å². The molecular weight excluding hydrogens is 481 g/mol. The highest BCUT2D eigenvalue weighted by atomic mass is 35.5. The first-order chi connectivity index (χ1) is 16.4. The van der Waals surface area contributed by atoms with Crippen LogP contribution in [0.4, 0.5) is 10.1 Å². The summed E-state index contributed by atoms with van der Waals surface area (Å²) in [6.07, 6.45) is 1.32. The van der Waals surface area contributed by atoms with Crippen LogP contribution in [0.2, 0.25) is 5.02 Å². The number of carbonyl (C=O) groups excluding carboxylic acids is 1. The number of nitrogens with one attached hydrogen (secondary N) is 1. The molecule has 0 saturated heterocycles. The van der Waals surface area contributed by atoms with E-state index in [1.165, 1.54) is 46.5 Å². The third-order valence-electron chi connectivity index (χ3n) is 5.09. The van der Waals surface area contributed by atoms with Gasteiger partial charge in [0.2, 0.25) is 11.7 Å². The van der Waals surface area contributed by atoms with Crippen LogP contribution in [-0.4, -0.2) is 25.6 Å². The number of aryl methyl sites for hydroxylation is 1. The van der Waals surface area contributed by atoms with E-state index in [0.717, 1.165) is 0 Å². The maximum absolute atomic E-state index is 13.1.